The zero-order valence-electron chi connectivity index (χ0n) is 10.2. The first-order valence-electron chi connectivity index (χ1n) is 5.99. The summed E-state index contributed by atoms with van der Waals surface area (Å²) in [6.45, 7) is 0. The fourth-order valence-electron chi connectivity index (χ4n) is 2.23. The Labute approximate surface area is 126 Å². The zero-order chi connectivity index (χ0) is 14.3. The van der Waals surface area contributed by atoms with Crippen molar-refractivity contribution in [1.82, 2.24) is 4.98 Å². The van der Waals surface area contributed by atoms with Gasteiger partial charge in [0, 0.05) is 9.35 Å². The van der Waals surface area contributed by atoms with Crippen LogP contribution in [0.15, 0.2) is 22.7 Å². The molecule has 0 amide bonds. The van der Waals surface area contributed by atoms with Gasteiger partial charge in [0.1, 0.15) is 11.7 Å². The molecule has 2 aromatic rings. The van der Waals surface area contributed by atoms with E-state index in [2.05, 4.69) is 26.2 Å². The van der Waals surface area contributed by atoms with E-state index in [-0.39, 0.29) is 5.82 Å². The Morgan fingerprint density at radius 1 is 1.55 bits per heavy atom. The van der Waals surface area contributed by atoms with Gasteiger partial charge in [0.2, 0.25) is 0 Å². The molecular weight excluding hydrogens is 347 g/mol. The van der Waals surface area contributed by atoms with Crippen molar-refractivity contribution < 1.29 is 14.3 Å². The van der Waals surface area contributed by atoms with E-state index in [9.17, 15) is 9.18 Å². The van der Waals surface area contributed by atoms with Gasteiger partial charge >= 0.3 is 5.97 Å². The molecule has 0 saturated heterocycles. The van der Waals surface area contributed by atoms with Crippen LogP contribution in [0.4, 0.5) is 15.2 Å². The molecule has 0 spiro atoms. The summed E-state index contributed by atoms with van der Waals surface area (Å²) >= 11 is 4.67. The van der Waals surface area contributed by atoms with Gasteiger partial charge in [0.05, 0.1) is 11.4 Å². The Hall–Kier alpha value is -1.47. The number of fused-ring (bicyclic) bond motifs is 1. The van der Waals surface area contributed by atoms with Crippen molar-refractivity contribution in [1.29, 1.82) is 0 Å². The van der Waals surface area contributed by atoms with E-state index in [0.717, 1.165) is 9.35 Å². The van der Waals surface area contributed by atoms with Gasteiger partial charge in [-0.25, -0.2) is 9.37 Å². The summed E-state index contributed by atoms with van der Waals surface area (Å²) in [5.41, 5.74) is 0.930. The molecule has 0 fully saturated rings. The van der Waals surface area contributed by atoms with Gasteiger partial charge in [-0.05, 0) is 31.0 Å². The van der Waals surface area contributed by atoms with Crippen molar-refractivity contribution in [2.24, 2.45) is 0 Å². The van der Waals surface area contributed by atoms with Crippen molar-refractivity contribution in [2.45, 2.75) is 18.8 Å². The number of nitrogens with zero attached hydrogens (tertiary/aromatic N) is 1. The third-order valence-electron chi connectivity index (χ3n) is 3.19. The minimum atomic E-state index is -0.853. The van der Waals surface area contributed by atoms with Crippen molar-refractivity contribution in [2.75, 3.05) is 5.32 Å². The Kier molecular flexibility index (Phi) is 3.47. The lowest BCUT2D eigenvalue weighted by Gasteiger charge is -2.05. The molecule has 20 heavy (non-hydrogen) atoms. The van der Waals surface area contributed by atoms with Gasteiger partial charge < -0.3 is 10.4 Å². The number of carbonyl (C=O) groups is 1. The maximum absolute atomic E-state index is 13.7. The Bertz CT molecular complexity index is 689. The molecule has 4 nitrogen and oxygen atoms in total. The highest BCUT2D eigenvalue weighted by molar-refractivity contribution is 9.10. The van der Waals surface area contributed by atoms with Crippen LogP contribution in [0, 0.1) is 5.82 Å². The summed E-state index contributed by atoms with van der Waals surface area (Å²) < 4.78 is 14.4. The van der Waals surface area contributed by atoms with Crippen LogP contribution in [-0.2, 0) is 11.2 Å². The van der Waals surface area contributed by atoms with Crippen LogP contribution in [0.25, 0.3) is 0 Å². The van der Waals surface area contributed by atoms with Crippen LogP contribution in [0.5, 0.6) is 0 Å². The van der Waals surface area contributed by atoms with Gasteiger partial charge in [0.25, 0.3) is 0 Å². The number of halogens is 2. The van der Waals surface area contributed by atoms with Gasteiger partial charge in [0.15, 0.2) is 5.13 Å². The number of thiazole rings is 1. The molecule has 0 saturated carbocycles. The number of carboxylic acid groups (broad SMARTS) is 1. The molecule has 0 aliphatic heterocycles. The lowest BCUT2D eigenvalue weighted by atomic mass is 10.1. The first kappa shape index (κ1) is 13.5. The number of aliphatic carboxylic acids is 1. The van der Waals surface area contributed by atoms with Crippen LogP contribution < -0.4 is 5.32 Å². The molecule has 1 aromatic carbocycles. The Balaban J connectivity index is 1.88. The van der Waals surface area contributed by atoms with E-state index >= 15 is 0 Å². The average Bonchev–Trinajstić information content (AvgIpc) is 2.92. The summed E-state index contributed by atoms with van der Waals surface area (Å²) in [6, 6.07) is 4.59. The number of benzene rings is 1. The second kappa shape index (κ2) is 5.14. The quantitative estimate of drug-likeness (QED) is 0.875. The first-order chi connectivity index (χ1) is 9.54. The molecule has 3 rings (SSSR count). The summed E-state index contributed by atoms with van der Waals surface area (Å²) in [5.74, 6) is -1.77. The third-order valence-corrected chi connectivity index (χ3v) is 4.73. The molecular formula is C13H10BrFN2O2S. The van der Waals surface area contributed by atoms with Crippen LogP contribution in [0.1, 0.15) is 22.9 Å². The lowest BCUT2D eigenvalue weighted by Crippen LogP contribution is -2.08. The lowest BCUT2D eigenvalue weighted by molar-refractivity contribution is -0.138. The molecule has 7 heteroatoms. The number of carboxylic acids is 1. The second-order valence-electron chi connectivity index (χ2n) is 4.51. The summed E-state index contributed by atoms with van der Waals surface area (Å²) in [6.07, 6.45) is 1.31. The Morgan fingerprint density at radius 3 is 3.10 bits per heavy atom. The number of anilines is 2. The number of hydrogen-bond donors (Lipinski definition) is 2. The largest absolute Gasteiger partial charge is 0.481 e. The highest BCUT2D eigenvalue weighted by Crippen LogP contribution is 2.39. The molecule has 1 aliphatic carbocycles. The predicted octanol–water partition coefficient (Wildman–Crippen LogP) is 3.90. The molecule has 1 aliphatic rings. The molecule has 104 valence electrons. The topological polar surface area (TPSA) is 62.2 Å². The van der Waals surface area contributed by atoms with Gasteiger partial charge in [-0.3, -0.25) is 4.79 Å². The highest BCUT2D eigenvalue weighted by atomic mass is 79.9. The van der Waals surface area contributed by atoms with E-state index in [1.165, 1.54) is 17.4 Å². The molecule has 1 aromatic heterocycles. The molecule has 0 bridgehead atoms. The standard InChI is InChI=1S/C13H10BrFN2O2S/c14-6-1-3-8(15)9(5-6)16-13-17-11-7(12(18)19)2-4-10(11)20-13/h1,3,5,7H,2,4H2,(H,16,17)(H,18,19). The Morgan fingerprint density at radius 2 is 2.35 bits per heavy atom. The fourth-order valence-corrected chi connectivity index (χ4v) is 3.64. The number of nitrogens with one attached hydrogen (secondary N) is 1. The molecule has 1 atom stereocenters. The van der Waals surface area contributed by atoms with E-state index in [4.69, 9.17) is 5.11 Å². The molecule has 0 radical (unpaired) electrons. The number of aryl methyl sites for hydroxylation is 1. The van der Waals surface area contributed by atoms with Gasteiger partial charge in [-0.1, -0.05) is 15.9 Å². The van der Waals surface area contributed by atoms with E-state index in [0.29, 0.717) is 29.4 Å². The van der Waals surface area contributed by atoms with E-state index < -0.39 is 11.9 Å². The highest BCUT2D eigenvalue weighted by Gasteiger charge is 2.32. The van der Waals surface area contributed by atoms with Crippen molar-refractivity contribution in [3.63, 3.8) is 0 Å². The summed E-state index contributed by atoms with van der Waals surface area (Å²) in [5, 5.41) is 12.6. The van der Waals surface area contributed by atoms with Crippen molar-refractivity contribution in [3.8, 4) is 0 Å². The van der Waals surface area contributed by atoms with Crippen LogP contribution in [-0.4, -0.2) is 16.1 Å². The van der Waals surface area contributed by atoms with Crippen LogP contribution in [0.3, 0.4) is 0 Å². The average molecular weight is 357 g/mol. The fraction of sp³-hybridized carbons (Fsp3) is 0.231. The predicted molar refractivity (Wildman–Crippen MR) is 78.2 cm³/mol. The third kappa shape index (κ3) is 2.43. The van der Waals surface area contributed by atoms with Gasteiger partial charge in [-0.15, -0.1) is 11.3 Å². The minimum absolute atomic E-state index is 0.318. The van der Waals surface area contributed by atoms with Gasteiger partial charge in [-0.2, -0.15) is 0 Å². The minimum Gasteiger partial charge on any atom is -0.481 e. The number of hydrogen-bond acceptors (Lipinski definition) is 4. The smallest absolute Gasteiger partial charge is 0.312 e. The van der Waals surface area contributed by atoms with Crippen molar-refractivity contribution in [3.05, 3.63) is 39.1 Å². The monoisotopic (exact) mass is 356 g/mol. The second-order valence-corrected chi connectivity index (χ2v) is 6.51. The first-order valence-corrected chi connectivity index (χ1v) is 7.60. The molecule has 1 unspecified atom stereocenters. The molecule has 2 N–H and O–H groups in total. The van der Waals surface area contributed by atoms with E-state index in [1.54, 1.807) is 12.1 Å². The van der Waals surface area contributed by atoms with Crippen molar-refractivity contribution >= 4 is 44.1 Å². The summed E-state index contributed by atoms with van der Waals surface area (Å²) in [4.78, 5) is 16.4. The molecule has 1 heterocycles. The maximum atomic E-state index is 13.7. The normalized spacial score (nSPS) is 17.0. The maximum Gasteiger partial charge on any atom is 0.312 e. The van der Waals surface area contributed by atoms with E-state index in [1.807, 2.05) is 0 Å². The number of aromatic nitrogens is 1. The van der Waals surface area contributed by atoms with Crippen LogP contribution in [0.2, 0.25) is 0 Å². The van der Waals surface area contributed by atoms with Crippen LogP contribution >= 0.6 is 27.3 Å². The SMILES string of the molecule is O=C(O)C1CCc2sc(Nc3cc(Br)ccc3F)nc21. The zero-order valence-corrected chi connectivity index (χ0v) is 12.6. The number of rotatable bonds is 3. The summed E-state index contributed by atoms with van der Waals surface area (Å²) in [7, 11) is 0.